The van der Waals surface area contributed by atoms with E-state index in [-0.39, 0.29) is 8.64 Å². The third-order valence-electron chi connectivity index (χ3n) is 0.401. The Labute approximate surface area is 87.6 Å². The highest BCUT2D eigenvalue weighted by Crippen LogP contribution is 1.77. The van der Waals surface area contributed by atoms with Crippen LogP contribution in [0.25, 0.3) is 0 Å². The highest BCUT2D eigenvalue weighted by Gasteiger charge is 1.87. The lowest BCUT2D eigenvalue weighted by Gasteiger charge is -2.03. The summed E-state index contributed by atoms with van der Waals surface area (Å²) in [5.41, 5.74) is 0. The van der Waals surface area contributed by atoms with Gasteiger partial charge in [-0.15, -0.1) is 25.3 Å². The van der Waals surface area contributed by atoms with Gasteiger partial charge in [0.2, 0.25) is 0 Å². The van der Waals surface area contributed by atoms with Crippen molar-refractivity contribution in [1.82, 2.24) is 10.6 Å². The van der Waals surface area contributed by atoms with E-state index >= 15 is 0 Å². The molecule has 10 heavy (non-hydrogen) atoms. The van der Waals surface area contributed by atoms with Crippen LogP contribution in [0.5, 0.6) is 0 Å². The normalized spacial score (nSPS) is 17.4. The topological polar surface area (TPSA) is 24.1 Å². The molecular weight excluding hydrogens is 204 g/mol. The first-order valence-electron chi connectivity index (χ1n) is 4.11. The van der Waals surface area contributed by atoms with Crippen LogP contribution < -0.4 is 10.6 Å². The molecule has 0 spiro atoms. The van der Waals surface area contributed by atoms with Crippen molar-refractivity contribution < 1.29 is 5.48 Å². The summed E-state index contributed by atoms with van der Waals surface area (Å²) in [6, 6.07) is 0. The molecule has 0 radical (unpaired) electrons. The Balaban J connectivity index is 4.67. The number of rotatable bonds is 3. The smallest absolute Gasteiger partial charge is 0.130 e. The van der Waals surface area contributed by atoms with Gasteiger partial charge < -0.3 is 10.6 Å². The molecule has 0 aliphatic rings. The Kier molecular flexibility index (Phi) is 3.22. The summed E-state index contributed by atoms with van der Waals surface area (Å²) >= 11 is 16.3. The third-order valence-corrected chi connectivity index (χ3v) is 0.829. The van der Waals surface area contributed by atoms with Gasteiger partial charge in [0.25, 0.3) is 0 Å². The molecule has 0 aromatic heterocycles. The van der Waals surface area contributed by atoms with Crippen molar-refractivity contribution in [2.24, 2.45) is 0 Å². The molecule has 0 fully saturated rings. The minimum absolute atomic E-state index is 0.147. The van der Waals surface area contributed by atoms with Crippen LogP contribution in [0.1, 0.15) is 5.48 Å². The third kappa shape index (κ3) is 8.48. The predicted octanol–water partition coefficient (Wildman–Crippen LogP) is 0.595. The van der Waals surface area contributed by atoms with E-state index in [9.17, 15) is 0 Å². The van der Waals surface area contributed by atoms with Crippen LogP contribution in [0.4, 0.5) is 0 Å². The summed E-state index contributed by atoms with van der Waals surface area (Å²) in [4.78, 5) is 0. The SMILES string of the molecule is [2H]C([2H])(NC(=S)S)C([2H])([2H])NC(=S)S. The largest absolute Gasteiger partial charge is 0.369 e. The maximum atomic E-state index is 7.34. The average molecular weight is 216 g/mol. The van der Waals surface area contributed by atoms with Gasteiger partial charge in [0.15, 0.2) is 0 Å². The highest BCUT2D eigenvalue weighted by molar-refractivity contribution is 8.11. The van der Waals surface area contributed by atoms with Crippen molar-refractivity contribution in [2.75, 3.05) is 13.0 Å². The van der Waals surface area contributed by atoms with Crippen LogP contribution in [0.2, 0.25) is 0 Å². The summed E-state index contributed by atoms with van der Waals surface area (Å²) < 4.78 is 29.1. The highest BCUT2D eigenvalue weighted by atomic mass is 32.1. The molecule has 0 aromatic rings. The summed E-state index contributed by atoms with van der Waals surface area (Å²) in [5, 5.41) is 4.13. The fourth-order valence-corrected chi connectivity index (χ4v) is 0.383. The van der Waals surface area contributed by atoms with E-state index < -0.39 is 13.0 Å². The van der Waals surface area contributed by atoms with Gasteiger partial charge in [-0.2, -0.15) is 0 Å². The summed E-state index contributed by atoms with van der Waals surface area (Å²) in [6.07, 6.45) is 0. The van der Waals surface area contributed by atoms with Gasteiger partial charge in [0, 0.05) is 13.0 Å². The standard InChI is InChI=1S/C4H8N2S4/c7-3(8)5-1-2-6-4(9)10/h1-2H2,(H2,5,7,8)(H2,6,9,10)/i1D2,2D2. The molecule has 2 nitrogen and oxygen atoms in total. The van der Waals surface area contributed by atoms with E-state index in [0.717, 1.165) is 0 Å². The first kappa shape index (κ1) is 5.18. The molecule has 0 saturated carbocycles. The number of thiocarbonyl (C=S) groups is 2. The van der Waals surface area contributed by atoms with Crippen LogP contribution in [0.3, 0.4) is 0 Å². The van der Waals surface area contributed by atoms with Gasteiger partial charge >= 0.3 is 0 Å². The lowest BCUT2D eigenvalue weighted by molar-refractivity contribution is 0.834. The molecule has 0 amide bonds. The molecule has 0 aromatic carbocycles. The Morgan fingerprint density at radius 3 is 1.70 bits per heavy atom. The van der Waals surface area contributed by atoms with Crippen LogP contribution in [-0.2, 0) is 0 Å². The van der Waals surface area contributed by atoms with Gasteiger partial charge in [-0.3, -0.25) is 0 Å². The second kappa shape index (κ2) is 6.21. The monoisotopic (exact) mass is 216 g/mol. The first-order chi connectivity index (χ1) is 6.08. The van der Waals surface area contributed by atoms with Crippen molar-refractivity contribution in [1.29, 1.82) is 0 Å². The van der Waals surface area contributed by atoms with Crippen LogP contribution in [0.15, 0.2) is 0 Å². The van der Waals surface area contributed by atoms with Gasteiger partial charge in [-0.25, -0.2) is 0 Å². The zero-order valence-electron chi connectivity index (χ0n) is 8.71. The molecule has 0 unspecified atom stereocenters. The van der Waals surface area contributed by atoms with E-state index in [2.05, 4.69) is 60.3 Å². The molecular formula is C4H8N2S4. The molecule has 6 heteroatoms. The zero-order valence-corrected chi connectivity index (χ0v) is 8.13. The van der Waals surface area contributed by atoms with E-state index in [0.29, 0.717) is 0 Å². The predicted molar refractivity (Wildman–Crippen MR) is 59.2 cm³/mol. The van der Waals surface area contributed by atoms with Crippen molar-refractivity contribution >= 4 is 58.3 Å². The van der Waals surface area contributed by atoms with Crippen LogP contribution in [-0.4, -0.2) is 21.6 Å². The number of hydrogen-bond donors (Lipinski definition) is 4. The lowest BCUT2D eigenvalue weighted by atomic mass is 10.6. The maximum Gasteiger partial charge on any atom is 0.130 e. The van der Waals surface area contributed by atoms with Crippen molar-refractivity contribution in [3.63, 3.8) is 0 Å². The number of hydrogen-bond acceptors (Lipinski definition) is 2. The molecule has 0 aliphatic heterocycles. The van der Waals surface area contributed by atoms with Crippen molar-refractivity contribution in [3.05, 3.63) is 0 Å². The average Bonchev–Trinajstić information content (AvgIpc) is 1.78. The van der Waals surface area contributed by atoms with Gasteiger partial charge in [-0.05, 0) is 0 Å². The Morgan fingerprint density at radius 2 is 1.50 bits per heavy atom. The number of thiol groups is 2. The van der Waals surface area contributed by atoms with Crippen LogP contribution >= 0.6 is 49.7 Å². The molecule has 0 heterocycles. The maximum absolute atomic E-state index is 7.34. The fraction of sp³-hybridized carbons (Fsp3) is 0.500. The summed E-state index contributed by atoms with van der Waals surface area (Å²) in [7, 11) is 0. The molecule has 0 bridgehead atoms. The molecule has 0 rings (SSSR count). The Bertz CT molecular complexity index is 230. The van der Waals surface area contributed by atoms with Gasteiger partial charge in [0.05, 0.1) is 5.48 Å². The van der Waals surface area contributed by atoms with Gasteiger partial charge in [0.1, 0.15) is 8.64 Å². The second-order valence-electron chi connectivity index (χ2n) is 1.11. The number of nitrogens with one attached hydrogen (secondary N) is 2. The summed E-state index contributed by atoms with van der Waals surface area (Å²) in [6.45, 7) is -4.86. The summed E-state index contributed by atoms with van der Waals surface area (Å²) in [5.74, 6) is 0. The van der Waals surface area contributed by atoms with Crippen molar-refractivity contribution in [2.45, 2.75) is 0 Å². The molecule has 0 aliphatic carbocycles. The molecule has 58 valence electrons. The minimum Gasteiger partial charge on any atom is -0.369 e. The van der Waals surface area contributed by atoms with Gasteiger partial charge in [-0.1, -0.05) is 24.4 Å². The van der Waals surface area contributed by atoms with E-state index in [1.54, 1.807) is 0 Å². The van der Waals surface area contributed by atoms with E-state index in [4.69, 9.17) is 5.48 Å². The van der Waals surface area contributed by atoms with Crippen LogP contribution in [0, 0.1) is 0 Å². The second-order valence-corrected chi connectivity index (χ2v) is 3.43. The minimum atomic E-state index is -2.43. The van der Waals surface area contributed by atoms with Crippen molar-refractivity contribution in [3.8, 4) is 0 Å². The Hall–Kier alpha value is 0.480. The zero-order chi connectivity index (χ0) is 11.6. The Morgan fingerprint density at radius 1 is 1.20 bits per heavy atom. The molecule has 0 saturated heterocycles. The fourth-order valence-electron chi connectivity index (χ4n) is 0.169. The quantitative estimate of drug-likeness (QED) is 0.410. The van der Waals surface area contributed by atoms with E-state index in [1.165, 1.54) is 0 Å². The first-order valence-corrected chi connectivity index (χ1v) is 3.82. The molecule has 2 N–H and O–H groups in total. The molecule has 0 atom stereocenters. The van der Waals surface area contributed by atoms with E-state index in [1.807, 2.05) is 0 Å². The lowest BCUT2D eigenvalue weighted by Crippen LogP contribution is -2.29.